The maximum atomic E-state index is 13.6. The second-order valence-corrected chi connectivity index (χ2v) is 4.33. The molecule has 0 amide bonds. The van der Waals surface area contributed by atoms with Gasteiger partial charge in [-0.1, -0.05) is 31.5 Å². The van der Waals surface area contributed by atoms with Crippen LogP contribution < -0.4 is 5.32 Å². The van der Waals surface area contributed by atoms with Crippen molar-refractivity contribution in [2.24, 2.45) is 5.92 Å². The first-order valence-electron chi connectivity index (χ1n) is 5.69. The summed E-state index contributed by atoms with van der Waals surface area (Å²) in [7, 11) is 1.99. The highest BCUT2D eigenvalue weighted by Crippen LogP contribution is 2.45. The molecule has 3 unspecified atom stereocenters. The second-order valence-electron chi connectivity index (χ2n) is 4.33. The molecule has 1 aliphatic carbocycles. The largest absolute Gasteiger partial charge is 0.317 e. The normalized spacial score (nSPS) is 29.9. The molecule has 0 heterocycles. The summed E-state index contributed by atoms with van der Waals surface area (Å²) in [5.41, 5.74) is 0.899. The third-order valence-electron chi connectivity index (χ3n) is 3.69. The van der Waals surface area contributed by atoms with E-state index in [1.807, 2.05) is 19.2 Å². The minimum absolute atomic E-state index is 0.0458. The van der Waals surface area contributed by atoms with E-state index in [-0.39, 0.29) is 5.82 Å². The first-order chi connectivity index (χ1) is 7.27. The average Bonchev–Trinajstić information content (AvgIpc) is 2.21. The van der Waals surface area contributed by atoms with E-state index < -0.39 is 0 Å². The van der Waals surface area contributed by atoms with E-state index in [1.165, 1.54) is 0 Å². The maximum Gasteiger partial charge on any atom is 0.126 e. The molecule has 3 atom stereocenters. The van der Waals surface area contributed by atoms with Crippen LogP contribution in [0.25, 0.3) is 0 Å². The van der Waals surface area contributed by atoms with E-state index in [1.54, 1.807) is 12.1 Å². The molecule has 82 valence electrons. The third kappa shape index (κ3) is 1.78. The van der Waals surface area contributed by atoms with Gasteiger partial charge in [-0.05, 0) is 36.9 Å². The molecular weight excluding hydrogens is 189 g/mol. The number of halogens is 1. The lowest BCUT2D eigenvalue weighted by atomic mass is 9.65. The predicted molar refractivity (Wildman–Crippen MR) is 60.4 cm³/mol. The van der Waals surface area contributed by atoms with Crippen molar-refractivity contribution in [1.29, 1.82) is 0 Å². The zero-order chi connectivity index (χ0) is 10.8. The third-order valence-corrected chi connectivity index (χ3v) is 3.69. The molecule has 2 rings (SSSR count). The van der Waals surface area contributed by atoms with Crippen LogP contribution in [-0.4, -0.2) is 13.1 Å². The Hall–Kier alpha value is -0.890. The Bertz CT molecular complexity index is 337. The standard InChI is InChI=1S/C13H18FN/c1-3-9-11(8-13(9)15-2)10-6-4-5-7-12(10)14/h4-7,9,11,13,15H,3,8H2,1-2H3. The van der Waals surface area contributed by atoms with Crippen LogP contribution in [0.1, 0.15) is 31.2 Å². The van der Waals surface area contributed by atoms with Crippen LogP contribution in [0.2, 0.25) is 0 Å². The SMILES string of the molecule is CCC1C(NC)CC1c1ccccc1F. The van der Waals surface area contributed by atoms with Gasteiger partial charge in [0.25, 0.3) is 0 Å². The smallest absolute Gasteiger partial charge is 0.126 e. The molecule has 15 heavy (non-hydrogen) atoms. The highest BCUT2D eigenvalue weighted by molar-refractivity contribution is 5.26. The first kappa shape index (κ1) is 10.6. The molecule has 1 saturated carbocycles. The fourth-order valence-electron chi connectivity index (χ4n) is 2.74. The van der Waals surface area contributed by atoms with Gasteiger partial charge < -0.3 is 5.32 Å². The molecule has 0 radical (unpaired) electrons. The highest BCUT2D eigenvalue weighted by atomic mass is 19.1. The number of hydrogen-bond donors (Lipinski definition) is 1. The Labute approximate surface area is 90.7 Å². The number of rotatable bonds is 3. The van der Waals surface area contributed by atoms with Gasteiger partial charge in [-0.25, -0.2) is 4.39 Å². The van der Waals surface area contributed by atoms with Crippen molar-refractivity contribution < 1.29 is 4.39 Å². The van der Waals surface area contributed by atoms with Crippen LogP contribution in [0.4, 0.5) is 4.39 Å². The maximum absolute atomic E-state index is 13.6. The lowest BCUT2D eigenvalue weighted by molar-refractivity contribution is 0.166. The predicted octanol–water partition coefficient (Wildman–Crippen LogP) is 2.93. The quantitative estimate of drug-likeness (QED) is 0.803. The van der Waals surface area contributed by atoms with Crippen molar-refractivity contribution >= 4 is 0 Å². The summed E-state index contributed by atoms with van der Waals surface area (Å²) in [5, 5.41) is 3.30. The summed E-state index contributed by atoms with van der Waals surface area (Å²) >= 11 is 0. The van der Waals surface area contributed by atoms with Crippen molar-refractivity contribution in [3.63, 3.8) is 0 Å². The molecule has 1 nitrogen and oxygen atoms in total. The summed E-state index contributed by atoms with van der Waals surface area (Å²) < 4.78 is 13.6. The molecule has 1 fully saturated rings. The monoisotopic (exact) mass is 207 g/mol. The topological polar surface area (TPSA) is 12.0 Å². The lowest BCUT2D eigenvalue weighted by Gasteiger charge is -2.45. The highest BCUT2D eigenvalue weighted by Gasteiger charge is 2.40. The van der Waals surface area contributed by atoms with Gasteiger partial charge in [-0.15, -0.1) is 0 Å². The number of nitrogens with one attached hydrogen (secondary N) is 1. The zero-order valence-electron chi connectivity index (χ0n) is 9.33. The fraction of sp³-hybridized carbons (Fsp3) is 0.538. The van der Waals surface area contributed by atoms with Crippen LogP contribution in [0.3, 0.4) is 0 Å². The molecule has 0 aliphatic heterocycles. The van der Waals surface area contributed by atoms with E-state index in [0.717, 1.165) is 18.4 Å². The lowest BCUT2D eigenvalue weighted by Crippen LogP contribution is -2.47. The van der Waals surface area contributed by atoms with Crippen LogP contribution in [-0.2, 0) is 0 Å². The Morgan fingerprint density at radius 2 is 2.13 bits per heavy atom. The van der Waals surface area contributed by atoms with Crippen LogP contribution in [0, 0.1) is 11.7 Å². The van der Waals surface area contributed by atoms with Gasteiger partial charge in [0.1, 0.15) is 5.82 Å². The van der Waals surface area contributed by atoms with Gasteiger partial charge in [-0.2, -0.15) is 0 Å². The first-order valence-corrected chi connectivity index (χ1v) is 5.69. The van der Waals surface area contributed by atoms with Gasteiger partial charge in [-0.3, -0.25) is 0 Å². The molecule has 1 aromatic rings. The summed E-state index contributed by atoms with van der Waals surface area (Å²) in [4.78, 5) is 0. The van der Waals surface area contributed by atoms with Gasteiger partial charge in [0, 0.05) is 6.04 Å². The second kappa shape index (κ2) is 4.31. The summed E-state index contributed by atoms with van der Waals surface area (Å²) in [6, 6.07) is 7.74. The summed E-state index contributed by atoms with van der Waals surface area (Å²) in [6.07, 6.45) is 2.18. The fourth-order valence-corrected chi connectivity index (χ4v) is 2.74. The molecule has 0 spiro atoms. The molecule has 2 heteroatoms. The molecule has 0 bridgehead atoms. The van der Waals surface area contributed by atoms with Crippen LogP contribution in [0.5, 0.6) is 0 Å². The minimum atomic E-state index is -0.0458. The van der Waals surface area contributed by atoms with Crippen molar-refractivity contribution in [2.75, 3.05) is 7.05 Å². The van der Waals surface area contributed by atoms with Crippen LogP contribution >= 0.6 is 0 Å². The molecule has 1 aliphatic rings. The van der Waals surface area contributed by atoms with E-state index in [2.05, 4.69) is 12.2 Å². The van der Waals surface area contributed by atoms with Crippen molar-refractivity contribution in [3.05, 3.63) is 35.6 Å². The minimum Gasteiger partial charge on any atom is -0.317 e. The molecular formula is C13H18FN. The molecule has 0 saturated heterocycles. The average molecular weight is 207 g/mol. The number of benzene rings is 1. The van der Waals surface area contributed by atoms with Crippen LogP contribution in [0.15, 0.2) is 24.3 Å². The van der Waals surface area contributed by atoms with E-state index in [0.29, 0.717) is 17.9 Å². The van der Waals surface area contributed by atoms with E-state index in [4.69, 9.17) is 0 Å². The van der Waals surface area contributed by atoms with Crippen molar-refractivity contribution in [3.8, 4) is 0 Å². The Morgan fingerprint density at radius 3 is 2.73 bits per heavy atom. The number of hydrogen-bond acceptors (Lipinski definition) is 1. The summed E-state index contributed by atoms with van der Waals surface area (Å²) in [6.45, 7) is 2.18. The molecule has 1 N–H and O–H groups in total. The molecule has 0 aromatic heterocycles. The summed E-state index contributed by atoms with van der Waals surface area (Å²) in [5.74, 6) is 0.955. The Kier molecular flexibility index (Phi) is 3.06. The van der Waals surface area contributed by atoms with Crippen molar-refractivity contribution in [2.45, 2.75) is 31.7 Å². The van der Waals surface area contributed by atoms with E-state index >= 15 is 0 Å². The molecule has 1 aromatic carbocycles. The van der Waals surface area contributed by atoms with Gasteiger partial charge in [0.2, 0.25) is 0 Å². The van der Waals surface area contributed by atoms with Gasteiger partial charge in [0.15, 0.2) is 0 Å². The van der Waals surface area contributed by atoms with Gasteiger partial charge >= 0.3 is 0 Å². The van der Waals surface area contributed by atoms with Crippen molar-refractivity contribution in [1.82, 2.24) is 5.32 Å². The van der Waals surface area contributed by atoms with Gasteiger partial charge in [0.05, 0.1) is 0 Å². The Balaban J connectivity index is 2.16. The zero-order valence-corrected chi connectivity index (χ0v) is 9.33. The Morgan fingerprint density at radius 1 is 1.40 bits per heavy atom. The van der Waals surface area contributed by atoms with E-state index in [9.17, 15) is 4.39 Å².